The van der Waals surface area contributed by atoms with E-state index in [9.17, 15) is 10.1 Å². The molecule has 1 amide bonds. The number of rotatable bonds is 7. The predicted octanol–water partition coefficient (Wildman–Crippen LogP) is 7.74. The molecule has 0 aromatic heterocycles. The van der Waals surface area contributed by atoms with Gasteiger partial charge in [-0.1, -0.05) is 123 Å². The Morgan fingerprint density at radius 1 is 0.854 bits per heavy atom. The zero-order chi connectivity index (χ0) is 33.5. The van der Waals surface area contributed by atoms with Crippen LogP contribution in [0.25, 0.3) is 0 Å². The molecule has 3 aliphatic rings. The van der Waals surface area contributed by atoms with E-state index in [1.54, 1.807) is 4.90 Å². The highest BCUT2D eigenvalue weighted by Crippen LogP contribution is 2.61. The molecule has 238 valence electrons. The van der Waals surface area contributed by atoms with E-state index in [0.717, 1.165) is 16.7 Å². The molecule has 0 N–H and O–H groups in total. The van der Waals surface area contributed by atoms with E-state index >= 15 is 4.79 Å². The van der Waals surface area contributed by atoms with Crippen LogP contribution in [-0.2, 0) is 30.0 Å². The third kappa shape index (κ3) is 4.44. The first-order valence-electron chi connectivity index (χ1n) is 16.1. The number of Topliss-reactive ketones (excluding diaryl/α,β-unsaturated/α-hetero) is 1. The first kappa shape index (κ1) is 30.9. The number of hydrogen-bond donors (Lipinski definition) is 0. The molecule has 7 nitrogen and oxygen atoms in total. The Hall–Kier alpha value is -5.74. The van der Waals surface area contributed by atoms with Crippen molar-refractivity contribution in [3.8, 4) is 6.07 Å². The topological polar surface area (TPSA) is 92.0 Å². The van der Waals surface area contributed by atoms with Gasteiger partial charge in [-0.3, -0.25) is 14.5 Å². The number of benzene rings is 4. The van der Waals surface area contributed by atoms with Crippen molar-refractivity contribution in [3.05, 3.63) is 160 Å². The number of ether oxygens (including phenoxy) is 2. The Labute approximate surface area is 280 Å². The summed E-state index contributed by atoms with van der Waals surface area (Å²) in [6, 6.07) is 39.5. The number of anilines is 1. The number of nitrogens with zero attached hydrogens (tertiary/aromatic N) is 3. The van der Waals surface area contributed by atoms with Crippen LogP contribution in [-0.4, -0.2) is 24.7 Å². The minimum absolute atomic E-state index is 0.0479. The number of nitriles is 1. The molecule has 0 saturated heterocycles. The van der Waals surface area contributed by atoms with Gasteiger partial charge in [-0.05, 0) is 35.1 Å². The van der Waals surface area contributed by atoms with Crippen molar-refractivity contribution in [2.24, 2.45) is 10.4 Å². The van der Waals surface area contributed by atoms with Crippen LogP contribution in [0.5, 0.6) is 0 Å². The normalized spacial score (nSPS) is 20.1. The molecule has 1 aliphatic carbocycles. The lowest BCUT2D eigenvalue weighted by atomic mass is 9.62. The summed E-state index contributed by atoms with van der Waals surface area (Å²) < 4.78 is 11.8. The third-order valence-electron chi connectivity index (χ3n) is 9.53. The first-order chi connectivity index (χ1) is 23.3. The van der Waals surface area contributed by atoms with Gasteiger partial charge in [-0.25, -0.2) is 0 Å². The lowest BCUT2D eigenvalue weighted by Gasteiger charge is -2.46. The highest BCUT2D eigenvalue weighted by Gasteiger charge is 2.66. The van der Waals surface area contributed by atoms with Crippen LogP contribution in [0.15, 0.2) is 143 Å². The van der Waals surface area contributed by atoms with Gasteiger partial charge in [-0.15, -0.1) is 0 Å². The minimum Gasteiger partial charge on any atom is -0.483 e. The number of aliphatic imine (C=N–C) groups is 1. The van der Waals surface area contributed by atoms with E-state index < -0.39 is 22.3 Å². The standard InChI is InChI=1S/C41H35N3O4/c1-4-47-27-43-37-32(26-42)40(36-34(45)24-39(2,3)25-35(36)48-37)31-22-14-15-23-33(31)44(38(40)46)41(28-16-8-5-9-17-28,29-18-10-6-11-19-29)30-20-12-7-13-21-30/h5-23,27H,4,24-25H2,1-3H3/b43-27+/t40-/m1/s1. The maximum atomic E-state index is 16.1. The van der Waals surface area contributed by atoms with Crippen molar-refractivity contribution in [2.75, 3.05) is 11.5 Å². The molecule has 0 bridgehead atoms. The minimum atomic E-state index is -1.81. The van der Waals surface area contributed by atoms with Crippen LogP contribution >= 0.6 is 0 Å². The summed E-state index contributed by atoms with van der Waals surface area (Å²) in [6.45, 7) is 6.17. The first-order valence-corrected chi connectivity index (χ1v) is 16.1. The van der Waals surface area contributed by atoms with Crippen molar-refractivity contribution in [1.29, 1.82) is 5.26 Å². The lowest BCUT2D eigenvalue weighted by molar-refractivity contribution is -0.126. The zero-order valence-electron chi connectivity index (χ0n) is 27.1. The predicted molar refractivity (Wildman–Crippen MR) is 184 cm³/mol. The van der Waals surface area contributed by atoms with Crippen LogP contribution in [0, 0.1) is 16.7 Å². The van der Waals surface area contributed by atoms with Crippen LogP contribution in [0.4, 0.5) is 5.69 Å². The molecule has 2 heterocycles. The molecule has 4 aromatic rings. The van der Waals surface area contributed by atoms with Crippen molar-refractivity contribution < 1.29 is 19.1 Å². The number of ketones is 1. The molecule has 48 heavy (non-hydrogen) atoms. The Morgan fingerprint density at radius 2 is 1.40 bits per heavy atom. The van der Waals surface area contributed by atoms with Gasteiger partial charge < -0.3 is 9.47 Å². The van der Waals surface area contributed by atoms with Crippen LogP contribution in [0.3, 0.4) is 0 Å². The van der Waals surface area contributed by atoms with E-state index in [2.05, 4.69) is 11.1 Å². The van der Waals surface area contributed by atoms with E-state index in [1.165, 1.54) is 6.40 Å². The molecule has 0 fully saturated rings. The van der Waals surface area contributed by atoms with Gasteiger partial charge in [0.05, 0.1) is 17.9 Å². The van der Waals surface area contributed by atoms with E-state index in [1.807, 2.05) is 136 Å². The van der Waals surface area contributed by atoms with Crippen molar-refractivity contribution in [3.63, 3.8) is 0 Å². The van der Waals surface area contributed by atoms with Gasteiger partial charge in [0.1, 0.15) is 28.4 Å². The molecule has 0 unspecified atom stereocenters. The second-order valence-corrected chi connectivity index (χ2v) is 13.0. The average molecular weight is 634 g/mol. The average Bonchev–Trinajstić information content (AvgIpc) is 3.34. The summed E-state index contributed by atoms with van der Waals surface area (Å²) in [5.74, 6) is -0.347. The Bertz CT molecular complexity index is 1940. The number of carbonyl (C=O) groups excluding carboxylic acids is 2. The Morgan fingerprint density at radius 3 is 1.94 bits per heavy atom. The van der Waals surface area contributed by atoms with Gasteiger partial charge in [-0.2, -0.15) is 10.3 Å². The molecule has 7 rings (SSSR count). The second kappa shape index (κ2) is 11.8. The molecular weight excluding hydrogens is 598 g/mol. The van der Waals surface area contributed by atoms with E-state index in [-0.39, 0.29) is 29.2 Å². The fraction of sp³-hybridized carbons (Fsp3) is 0.220. The summed E-state index contributed by atoms with van der Waals surface area (Å²) in [7, 11) is 0. The molecule has 2 aliphatic heterocycles. The number of para-hydroxylation sites is 1. The number of fused-ring (bicyclic) bond motifs is 3. The summed E-state index contributed by atoms with van der Waals surface area (Å²) >= 11 is 0. The highest BCUT2D eigenvalue weighted by atomic mass is 16.5. The number of amides is 1. The van der Waals surface area contributed by atoms with Crippen LogP contribution in [0.2, 0.25) is 0 Å². The molecule has 1 atom stereocenters. The van der Waals surface area contributed by atoms with Crippen molar-refractivity contribution >= 4 is 23.8 Å². The summed E-state index contributed by atoms with van der Waals surface area (Å²) in [6.07, 6.45) is 1.82. The van der Waals surface area contributed by atoms with E-state index in [0.29, 0.717) is 30.0 Å². The Kier molecular flexibility index (Phi) is 7.60. The molecule has 0 saturated carbocycles. The second-order valence-electron chi connectivity index (χ2n) is 13.0. The smallest absolute Gasteiger partial charge is 0.249 e. The van der Waals surface area contributed by atoms with E-state index in [4.69, 9.17) is 9.47 Å². The van der Waals surface area contributed by atoms with Crippen molar-refractivity contribution in [2.45, 2.75) is 44.6 Å². The summed E-state index contributed by atoms with van der Waals surface area (Å²) in [5, 5.41) is 11.0. The maximum absolute atomic E-state index is 16.1. The molecule has 4 aromatic carbocycles. The highest BCUT2D eigenvalue weighted by molar-refractivity contribution is 6.21. The van der Waals surface area contributed by atoms with Gasteiger partial charge in [0.25, 0.3) is 0 Å². The largest absolute Gasteiger partial charge is 0.483 e. The molecule has 7 heteroatoms. The zero-order valence-corrected chi connectivity index (χ0v) is 27.1. The Balaban J connectivity index is 1.63. The monoisotopic (exact) mass is 633 g/mol. The third-order valence-corrected chi connectivity index (χ3v) is 9.53. The number of carbonyl (C=O) groups is 2. The van der Waals surface area contributed by atoms with Gasteiger partial charge in [0.2, 0.25) is 11.8 Å². The summed E-state index contributed by atoms with van der Waals surface area (Å²) in [4.78, 5) is 36.8. The quantitative estimate of drug-likeness (QED) is 0.118. The molecular formula is C41H35N3O4. The number of allylic oxidation sites excluding steroid dienone is 1. The summed E-state index contributed by atoms with van der Waals surface area (Å²) in [5.41, 5.74) is 0.369. The fourth-order valence-electron chi connectivity index (χ4n) is 7.72. The molecule has 1 spiro atoms. The maximum Gasteiger partial charge on any atom is 0.249 e. The van der Waals surface area contributed by atoms with Gasteiger partial charge in [0, 0.05) is 18.4 Å². The SMILES string of the molecule is CCO/C=N/C1=C(C#N)[C@@]2(C(=O)N(C(c3ccccc3)(c3ccccc3)c3ccccc3)c3ccccc32)C2=C(CC(C)(C)CC2=O)O1. The number of hydrogen-bond acceptors (Lipinski definition) is 6. The van der Waals surface area contributed by atoms with Crippen LogP contribution in [0.1, 0.15) is 55.9 Å². The van der Waals surface area contributed by atoms with Crippen LogP contribution < -0.4 is 4.90 Å². The van der Waals surface area contributed by atoms with Gasteiger partial charge in [0.15, 0.2) is 12.2 Å². The lowest BCUT2D eigenvalue weighted by Crippen LogP contribution is -2.56. The van der Waals surface area contributed by atoms with Crippen molar-refractivity contribution in [1.82, 2.24) is 0 Å². The molecule has 0 radical (unpaired) electrons. The van der Waals surface area contributed by atoms with Gasteiger partial charge >= 0.3 is 0 Å². The fourth-order valence-corrected chi connectivity index (χ4v) is 7.72.